The van der Waals surface area contributed by atoms with Gasteiger partial charge in [0.15, 0.2) is 0 Å². The minimum atomic E-state index is -0.240. The second-order valence-electron chi connectivity index (χ2n) is 8.28. The first-order valence-corrected chi connectivity index (χ1v) is 10.8. The second kappa shape index (κ2) is 8.32. The van der Waals surface area contributed by atoms with Crippen molar-refractivity contribution in [3.8, 4) is 5.75 Å². The number of nitrogens with one attached hydrogen (secondary N) is 1. The van der Waals surface area contributed by atoms with Gasteiger partial charge < -0.3 is 14.6 Å². The molecule has 160 valence electrons. The van der Waals surface area contributed by atoms with Crippen LogP contribution in [0.3, 0.4) is 0 Å². The molecule has 1 aromatic heterocycles. The summed E-state index contributed by atoms with van der Waals surface area (Å²) in [6, 6.07) is 15.3. The maximum absolute atomic E-state index is 12.8. The molecule has 0 bridgehead atoms. The van der Waals surface area contributed by atoms with Gasteiger partial charge in [0.25, 0.3) is 5.91 Å². The molecule has 5 rings (SSSR count). The maximum Gasteiger partial charge on any atom is 0.293 e. The Hall–Kier alpha value is -2.90. The highest BCUT2D eigenvalue weighted by Crippen LogP contribution is 2.33. The lowest BCUT2D eigenvalue weighted by molar-refractivity contribution is 0.100. The van der Waals surface area contributed by atoms with Gasteiger partial charge in [-0.05, 0) is 53.8 Å². The van der Waals surface area contributed by atoms with E-state index in [-0.39, 0.29) is 5.91 Å². The summed E-state index contributed by atoms with van der Waals surface area (Å²) in [6.45, 7) is 3.68. The number of aromatic nitrogens is 3. The number of amides is 1. The van der Waals surface area contributed by atoms with Crippen LogP contribution in [0.4, 0.5) is 5.69 Å². The summed E-state index contributed by atoms with van der Waals surface area (Å²) in [5, 5.41) is 12.2. The normalized spacial score (nSPS) is 20.2. The number of likely N-dealkylation sites (tertiary alicyclic amines) is 1. The molecule has 1 N–H and O–H groups in total. The maximum atomic E-state index is 12.8. The second-order valence-corrected chi connectivity index (χ2v) is 8.72. The van der Waals surface area contributed by atoms with E-state index in [4.69, 9.17) is 16.3 Å². The monoisotopic (exact) mass is 437 g/mol. The number of benzene rings is 2. The first-order valence-electron chi connectivity index (χ1n) is 10.4. The fraction of sp³-hybridized carbons (Fsp3) is 0.348. The number of anilines is 1. The molecule has 1 fully saturated rings. The van der Waals surface area contributed by atoms with E-state index >= 15 is 0 Å². The molecule has 8 heteroatoms. The molecular weight excluding hydrogens is 414 g/mol. The molecule has 31 heavy (non-hydrogen) atoms. The third kappa shape index (κ3) is 4.16. The number of methoxy groups -OCH3 is 1. The molecular formula is C23H24ClN5O2. The lowest BCUT2D eigenvalue weighted by Crippen LogP contribution is -2.31. The first kappa shape index (κ1) is 20.0. The third-order valence-corrected chi connectivity index (χ3v) is 6.42. The molecule has 0 saturated carbocycles. The van der Waals surface area contributed by atoms with Crippen molar-refractivity contribution in [2.24, 2.45) is 11.8 Å². The Morgan fingerprint density at radius 2 is 1.94 bits per heavy atom. The molecule has 3 aromatic rings. The quantitative estimate of drug-likeness (QED) is 0.661. The van der Waals surface area contributed by atoms with Crippen molar-refractivity contribution in [2.45, 2.75) is 19.5 Å². The Kier molecular flexibility index (Phi) is 5.38. The predicted molar refractivity (Wildman–Crippen MR) is 118 cm³/mol. The van der Waals surface area contributed by atoms with E-state index < -0.39 is 0 Å². The molecule has 0 aliphatic carbocycles. The highest BCUT2D eigenvalue weighted by molar-refractivity contribution is 6.30. The number of hydrogen-bond acceptors (Lipinski definition) is 5. The number of nitrogens with zero attached hydrogens (tertiary/aromatic N) is 4. The highest BCUT2D eigenvalue weighted by atomic mass is 35.5. The summed E-state index contributed by atoms with van der Waals surface area (Å²) in [5.74, 6) is 2.79. The number of ether oxygens (including phenoxy) is 1. The SMILES string of the molecule is COc1ccc(NC(=O)c2nnc3n2C[C@@H]2CN(Cc4cccc(Cl)c4)C[C@H]2C3)cc1. The van der Waals surface area contributed by atoms with Crippen molar-refractivity contribution in [1.82, 2.24) is 19.7 Å². The lowest BCUT2D eigenvalue weighted by atomic mass is 9.89. The number of hydrogen-bond donors (Lipinski definition) is 1. The number of carbonyl (C=O) groups is 1. The van der Waals surface area contributed by atoms with Crippen molar-refractivity contribution in [3.63, 3.8) is 0 Å². The fourth-order valence-electron chi connectivity index (χ4n) is 4.67. The molecule has 0 spiro atoms. The molecule has 3 heterocycles. The van der Waals surface area contributed by atoms with Crippen molar-refractivity contribution in [1.29, 1.82) is 0 Å². The van der Waals surface area contributed by atoms with Gasteiger partial charge in [-0.15, -0.1) is 10.2 Å². The molecule has 7 nitrogen and oxygen atoms in total. The Morgan fingerprint density at radius 3 is 2.71 bits per heavy atom. The zero-order valence-corrected chi connectivity index (χ0v) is 18.0. The van der Waals surface area contributed by atoms with Crippen LogP contribution in [-0.4, -0.2) is 45.8 Å². The van der Waals surface area contributed by atoms with Gasteiger partial charge in [-0.25, -0.2) is 0 Å². The number of carbonyl (C=O) groups excluding carboxylic acids is 1. The summed E-state index contributed by atoms with van der Waals surface area (Å²) in [5.41, 5.74) is 1.93. The Balaban J connectivity index is 1.26. The average molecular weight is 438 g/mol. The van der Waals surface area contributed by atoms with Gasteiger partial charge in [0.05, 0.1) is 7.11 Å². The van der Waals surface area contributed by atoms with E-state index in [2.05, 4.69) is 26.5 Å². The highest BCUT2D eigenvalue weighted by Gasteiger charge is 2.39. The number of rotatable bonds is 5. The van der Waals surface area contributed by atoms with Crippen LogP contribution in [0.15, 0.2) is 48.5 Å². The first-order chi connectivity index (χ1) is 15.1. The average Bonchev–Trinajstić information content (AvgIpc) is 3.35. The van der Waals surface area contributed by atoms with Crippen molar-refractivity contribution in [3.05, 3.63) is 70.8 Å². The van der Waals surface area contributed by atoms with E-state index in [1.165, 1.54) is 5.56 Å². The number of fused-ring (bicyclic) bond motifs is 2. The zero-order valence-electron chi connectivity index (χ0n) is 17.3. The predicted octanol–water partition coefficient (Wildman–Crippen LogP) is 3.50. The van der Waals surface area contributed by atoms with Crippen LogP contribution in [0.2, 0.25) is 5.02 Å². The van der Waals surface area contributed by atoms with Gasteiger partial charge in [0.2, 0.25) is 5.82 Å². The van der Waals surface area contributed by atoms with Gasteiger partial charge in [-0.3, -0.25) is 9.69 Å². The van der Waals surface area contributed by atoms with E-state index in [1.54, 1.807) is 7.11 Å². The van der Waals surface area contributed by atoms with E-state index in [0.717, 1.165) is 49.2 Å². The van der Waals surface area contributed by atoms with Crippen LogP contribution in [0.1, 0.15) is 22.0 Å². The van der Waals surface area contributed by atoms with Gasteiger partial charge in [-0.2, -0.15) is 0 Å². The lowest BCUT2D eigenvalue weighted by Gasteiger charge is -2.25. The van der Waals surface area contributed by atoms with Crippen molar-refractivity contribution < 1.29 is 9.53 Å². The van der Waals surface area contributed by atoms with Gasteiger partial charge in [0, 0.05) is 43.3 Å². The molecule has 2 atom stereocenters. The van der Waals surface area contributed by atoms with Crippen LogP contribution in [0.5, 0.6) is 5.75 Å². The minimum absolute atomic E-state index is 0.240. The van der Waals surface area contributed by atoms with Crippen LogP contribution >= 0.6 is 11.6 Å². The van der Waals surface area contributed by atoms with Crippen molar-refractivity contribution in [2.75, 3.05) is 25.5 Å². The standard InChI is InChI=1S/C23H24ClN5O2/c1-31-20-7-5-19(6-8-20)25-23(30)22-27-26-21-10-16-12-28(13-17(16)14-29(21)22)11-15-3-2-4-18(24)9-15/h2-9,16-17H,10-14H2,1H3,(H,25,30)/t16-,17+/m1/s1. The fourth-order valence-corrected chi connectivity index (χ4v) is 4.89. The van der Waals surface area contributed by atoms with E-state index in [0.29, 0.717) is 23.3 Å². The summed E-state index contributed by atoms with van der Waals surface area (Å²) in [4.78, 5) is 15.3. The topological polar surface area (TPSA) is 72.3 Å². The molecule has 2 aliphatic heterocycles. The van der Waals surface area contributed by atoms with Gasteiger partial charge >= 0.3 is 0 Å². The van der Waals surface area contributed by atoms with Crippen LogP contribution < -0.4 is 10.1 Å². The minimum Gasteiger partial charge on any atom is -0.497 e. The summed E-state index contributed by atoms with van der Waals surface area (Å²) in [6.07, 6.45) is 0.847. The molecule has 1 saturated heterocycles. The van der Waals surface area contributed by atoms with Crippen LogP contribution in [0.25, 0.3) is 0 Å². The van der Waals surface area contributed by atoms with E-state index in [1.807, 2.05) is 47.0 Å². The van der Waals surface area contributed by atoms with Gasteiger partial charge in [0.1, 0.15) is 11.6 Å². The Morgan fingerprint density at radius 1 is 1.13 bits per heavy atom. The van der Waals surface area contributed by atoms with Crippen LogP contribution in [-0.2, 0) is 19.5 Å². The smallest absolute Gasteiger partial charge is 0.293 e. The number of halogens is 1. The Bertz CT molecular complexity index is 1100. The van der Waals surface area contributed by atoms with E-state index in [9.17, 15) is 4.79 Å². The summed E-state index contributed by atoms with van der Waals surface area (Å²) < 4.78 is 7.15. The molecule has 2 aromatic carbocycles. The molecule has 2 aliphatic rings. The Labute approximate surface area is 186 Å². The molecule has 0 radical (unpaired) electrons. The third-order valence-electron chi connectivity index (χ3n) is 6.19. The zero-order chi connectivity index (χ0) is 21.4. The largest absolute Gasteiger partial charge is 0.497 e. The summed E-state index contributed by atoms with van der Waals surface area (Å²) in [7, 11) is 1.61. The summed E-state index contributed by atoms with van der Waals surface area (Å²) >= 11 is 6.14. The van der Waals surface area contributed by atoms with Crippen LogP contribution in [0, 0.1) is 11.8 Å². The van der Waals surface area contributed by atoms with Crippen molar-refractivity contribution >= 4 is 23.2 Å². The van der Waals surface area contributed by atoms with Gasteiger partial charge in [-0.1, -0.05) is 23.7 Å². The molecule has 0 unspecified atom stereocenters. The molecule has 1 amide bonds.